The normalized spacial score (nSPS) is 12.3. The second-order valence-corrected chi connectivity index (χ2v) is 3.94. The van der Waals surface area contributed by atoms with Gasteiger partial charge in [0, 0.05) is 6.42 Å². The highest BCUT2D eigenvalue weighted by Crippen LogP contribution is 2.01. The highest BCUT2D eigenvalue weighted by Gasteiger charge is 2.19. The van der Waals surface area contributed by atoms with E-state index in [0.717, 1.165) is 5.56 Å². The van der Waals surface area contributed by atoms with Gasteiger partial charge in [0.1, 0.15) is 0 Å². The summed E-state index contributed by atoms with van der Waals surface area (Å²) in [6.45, 7) is 1.36. The molecule has 7 heteroatoms. The summed E-state index contributed by atoms with van der Waals surface area (Å²) in [6, 6.07) is 7.93. The van der Waals surface area contributed by atoms with E-state index >= 15 is 0 Å². The zero-order chi connectivity index (χ0) is 12.8. The van der Waals surface area contributed by atoms with Crippen molar-refractivity contribution in [2.45, 2.75) is 25.4 Å². The van der Waals surface area contributed by atoms with Crippen LogP contribution in [0.1, 0.15) is 12.5 Å². The highest BCUT2D eigenvalue weighted by molar-refractivity contribution is 5.85. The Hall–Kier alpha value is -1.96. The number of aliphatic carboxylic acids is 1. The van der Waals surface area contributed by atoms with E-state index in [1.807, 2.05) is 30.3 Å². The van der Waals surface area contributed by atoms with Crippen LogP contribution in [0.15, 0.2) is 30.3 Å². The lowest BCUT2D eigenvalue weighted by molar-refractivity contribution is -0.403. The number of carbonyl (C=O) groups is 2. The van der Waals surface area contributed by atoms with Gasteiger partial charge in [-0.05, 0) is 12.5 Å². The minimum Gasteiger partial charge on any atom is -0.548 e. The topological polar surface area (TPSA) is 160 Å². The second kappa shape index (κ2) is 9.03. The van der Waals surface area contributed by atoms with Crippen LogP contribution >= 0.6 is 0 Å². The number of quaternary nitrogens is 1. The van der Waals surface area contributed by atoms with Crippen molar-refractivity contribution < 1.29 is 31.4 Å². The van der Waals surface area contributed by atoms with Crippen LogP contribution < -0.4 is 16.2 Å². The minimum absolute atomic E-state index is 0. The van der Waals surface area contributed by atoms with Crippen LogP contribution in [-0.4, -0.2) is 34.9 Å². The van der Waals surface area contributed by atoms with Gasteiger partial charge in [-0.2, -0.15) is 0 Å². The molecule has 0 unspecified atom stereocenters. The fourth-order valence-electron chi connectivity index (χ4n) is 1.38. The molecule has 7 nitrogen and oxygen atoms in total. The molecule has 0 aliphatic heterocycles. The molecule has 0 spiro atoms. The van der Waals surface area contributed by atoms with E-state index in [4.69, 9.17) is 0 Å². The summed E-state index contributed by atoms with van der Waals surface area (Å²) in [7, 11) is 0. The molecule has 0 heterocycles. The number of benzene rings is 1. The Morgan fingerprint density at radius 2 is 1.79 bits per heavy atom. The molecule has 8 N–H and O–H groups in total. The van der Waals surface area contributed by atoms with Crippen molar-refractivity contribution in [1.29, 1.82) is 0 Å². The van der Waals surface area contributed by atoms with Gasteiger partial charge in [-0.1, -0.05) is 30.3 Å². The van der Waals surface area contributed by atoms with Gasteiger partial charge >= 0.3 is 0 Å². The van der Waals surface area contributed by atoms with Crippen molar-refractivity contribution in [3.63, 3.8) is 0 Å². The van der Waals surface area contributed by atoms with Crippen molar-refractivity contribution in [1.82, 2.24) is 5.32 Å². The quantitative estimate of drug-likeness (QED) is 0.568. The van der Waals surface area contributed by atoms with Crippen LogP contribution in [0, 0.1) is 0 Å². The van der Waals surface area contributed by atoms with E-state index in [2.05, 4.69) is 11.1 Å². The van der Waals surface area contributed by atoms with Gasteiger partial charge in [0.15, 0.2) is 6.04 Å². The van der Waals surface area contributed by atoms with Crippen LogP contribution in [0.25, 0.3) is 0 Å². The molecule has 0 fully saturated rings. The van der Waals surface area contributed by atoms with Crippen LogP contribution in [0.3, 0.4) is 0 Å². The molecule has 0 saturated carbocycles. The lowest BCUT2D eigenvalue weighted by Crippen LogP contribution is -2.69. The first kappa shape index (κ1) is 19.4. The Labute approximate surface area is 111 Å². The van der Waals surface area contributed by atoms with Crippen molar-refractivity contribution >= 4 is 11.9 Å². The molecule has 0 aromatic heterocycles. The molecule has 0 saturated heterocycles. The van der Waals surface area contributed by atoms with Crippen LogP contribution in [-0.2, 0) is 16.0 Å². The summed E-state index contributed by atoms with van der Waals surface area (Å²) in [5, 5.41) is 12.8. The second-order valence-electron chi connectivity index (χ2n) is 3.94. The van der Waals surface area contributed by atoms with E-state index in [1.54, 1.807) is 0 Å². The maximum Gasteiger partial charge on any atom is 0.279 e. The predicted octanol–water partition coefficient (Wildman–Crippen LogP) is -3.56. The third-order valence-corrected chi connectivity index (χ3v) is 2.41. The van der Waals surface area contributed by atoms with Crippen LogP contribution in [0.2, 0.25) is 0 Å². The number of hydrogen-bond acceptors (Lipinski definition) is 3. The van der Waals surface area contributed by atoms with E-state index in [9.17, 15) is 14.7 Å². The molecule has 1 rings (SSSR count). The van der Waals surface area contributed by atoms with Crippen molar-refractivity contribution in [2.24, 2.45) is 0 Å². The molecule has 2 atom stereocenters. The minimum atomic E-state index is -1.30. The maximum absolute atomic E-state index is 11.6. The fourth-order valence-corrected chi connectivity index (χ4v) is 1.38. The average Bonchev–Trinajstić information content (AvgIpc) is 2.29. The molecular formula is C12H20N2O5. The number of carboxylic acids is 1. The Morgan fingerprint density at radius 3 is 2.26 bits per heavy atom. The number of carboxylic acid groups (broad SMARTS) is 1. The summed E-state index contributed by atoms with van der Waals surface area (Å²) in [5.74, 6) is -1.68. The van der Waals surface area contributed by atoms with Crippen molar-refractivity contribution in [3.8, 4) is 0 Å². The SMILES string of the molecule is C[C@H](NC(=O)[C@@H]([NH3+])Cc1ccccc1)C(=O)[O-].O.O. The first-order chi connectivity index (χ1) is 8.00. The van der Waals surface area contributed by atoms with E-state index in [-0.39, 0.29) is 16.9 Å². The van der Waals surface area contributed by atoms with Crippen LogP contribution in [0.5, 0.6) is 0 Å². The van der Waals surface area contributed by atoms with Gasteiger partial charge in [0.05, 0.1) is 12.0 Å². The summed E-state index contributed by atoms with van der Waals surface area (Å²) in [6.07, 6.45) is 0.479. The maximum atomic E-state index is 11.6. The molecule has 1 aromatic rings. The molecule has 108 valence electrons. The van der Waals surface area contributed by atoms with Gasteiger partial charge in [-0.25, -0.2) is 0 Å². The Kier molecular flexibility index (Phi) is 9.22. The average molecular weight is 272 g/mol. The Balaban J connectivity index is 0. The number of carbonyl (C=O) groups excluding carboxylic acids is 2. The Bertz CT molecular complexity index is 396. The van der Waals surface area contributed by atoms with E-state index in [1.165, 1.54) is 6.92 Å². The molecule has 0 aliphatic rings. The number of nitrogens with one attached hydrogen (secondary N) is 1. The van der Waals surface area contributed by atoms with E-state index < -0.39 is 18.1 Å². The standard InChI is InChI=1S/C12H16N2O3.2H2O/c1-8(12(16)17)14-11(15)10(13)7-9-5-3-2-4-6-9;;/h2-6,8,10H,7,13H2,1H3,(H,14,15)(H,16,17);2*1H2/t8-,10-;;/m0../s1. The lowest BCUT2D eigenvalue weighted by Gasteiger charge is -2.16. The zero-order valence-corrected chi connectivity index (χ0v) is 10.7. The number of amides is 1. The lowest BCUT2D eigenvalue weighted by atomic mass is 10.1. The molecule has 1 amide bonds. The monoisotopic (exact) mass is 272 g/mol. The summed E-state index contributed by atoms with van der Waals surface area (Å²) in [5.41, 5.74) is 4.71. The zero-order valence-electron chi connectivity index (χ0n) is 10.7. The highest BCUT2D eigenvalue weighted by atomic mass is 16.4. The molecular weight excluding hydrogens is 252 g/mol. The molecule has 0 aliphatic carbocycles. The smallest absolute Gasteiger partial charge is 0.279 e. The van der Waals surface area contributed by atoms with Gasteiger partial charge < -0.3 is 31.9 Å². The number of hydrogen-bond donors (Lipinski definition) is 2. The molecule has 0 bridgehead atoms. The van der Waals surface area contributed by atoms with E-state index in [0.29, 0.717) is 6.42 Å². The van der Waals surface area contributed by atoms with Crippen molar-refractivity contribution in [3.05, 3.63) is 35.9 Å². The largest absolute Gasteiger partial charge is 0.548 e. The third-order valence-electron chi connectivity index (χ3n) is 2.41. The summed E-state index contributed by atoms with van der Waals surface area (Å²) >= 11 is 0. The molecule has 1 aromatic carbocycles. The van der Waals surface area contributed by atoms with Crippen LogP contribution in [0.4, 0.5) is 0 Å². The van der Waals surface area contributed by atoms with Gasteiger partial charge in [-0.15, -0.1) is 0 Å². The third kappa shape index (κ3) is 6.51. The predicted molar refractivity (Wildman–Crippen MR) is 66.7 cm³/mol. The van der Waals surface area contributed by atoms with Crippen molar-refractivity contribution in [2.75, 3.05) is 0 Å². The first-order valence-corrected chi connectivity index (χ1v) is 5.39. The van der Waals surface area contributed by atoms with Gasteiger partial charge in [0.25, 0.3) is 5.91 Å². The first-order valence-electron chi connectivity index (χ1n) is 5.39. The number of rotatable bonds is 5. The Morgan fingerprint density at radius 1 is 1.26 bits per heavy atom. The summed E-state index contributed by atoms with van der Waals surface area (Å²) < 4.78 is 0. The molecule has 0 radical (unpaired) electrons. The molecule has 19 heavy (non-hydrogen) atoms. The summed E-state index contributed by atoms with van der Waals surface area (Å²) in [4.78, 5) is 22.1. The van der Waals surface area contributed by atoms with Gasteiger partial charge in [-0.3, -0.25) is 4.79 Å². The fraction of sp³-hybridized carbons (Fsp3) is 0.333. The van der Waals surface area contributed by atoms with Gasteiger partial charge in [0.2, 0.25) is 0 Å².